The molecule has 2 aliphatic rings. The van der Waals surface area contributed by atoms with Crippen LogP contribution in [0.3, 0.4) is 0 Å². The molecule has 8 heteroatoms. The second-order valence-electron chi connectivity index (χ2n) is 6.24. The van der Waals surface area contributed by atoms with Gasteiger partial charge in [-0.15, -0.1) is 0 Å². The van der Waals surface area contributed by atoms with Gasteiger partial charge >= 0.3 is 0 Å². The number of amides is 1. The van der Waals surface area contributed by atoms with Crippen molar-refractivity contribution in [2.75, 3.05) is 32.0 Å². The van der Waals surface area contributed by atoms with E-state index >= 15 is 0 Å². The standard InChI is InChI=1S/C14H27N3O4S/c1-11(2)21-7-8-22(19,20)16-10-14(18)17-12-3-4-13(17)9-15-6-5-12/h11-13,15-16H,3-10H2,1-2H3. The lowest BCUT2D eigenvalue weighted by Crippen LogP contribution is -2.47. The number of sulfonamides is 1. The third kappa shape index (κ3) is 4.91. The summed E-state index contributed by atoms with van der Waals surface area (Å²) in [5.74, 6) is -0.239. The molecule has 0 aliphatic carbocycles. The Balaban J connectivity index is 1.81. The lowest BCUT2D eigenvalue weighted by molar-refractivity contribution is -0.132. The Hall–Kier alpha value is -0.700. The number of carbonyl (C=O) groups is 1. The number of ether oxygens (including phenoxy) is 1. The normalized spacial score (nSPS) is 25.5. The molecule has 2 aliphatic heterocycles. The number of fused-ring (bicyclic) bond motifs is 2. The number of nitrogens with one attached hydrogen (secondary N) is 2. The molecule has 0 aromatic carbocycles. The first-order valence-corrected chi connectivity index (χ1v) is 9.65. The number of rotatable bonds is 7. The van der Waals surface area contributed by atoms with E-state index in [9.17, 15) is 13.2 Å². The van der Waals surface area contributed by atoms with Crippen LogP contribution in [0, 0.1) is 0 Å². The molecule has 7 nitrogen and oxygen atoms in total. The predicted molar refractivity (Wildman–Crippen MR) is 84.0 cm³/mol. The highest BCUT2D eigenvalue weighted by Gasteiger charge is 2.37. The van der Waals surface area contributed by atoms with E-state index in [1.54, 1.807) is 0 Å². The molecule has 0 radical (unpaired) electrons. The van der Waals surface area contributed by atoms with E-state index in [4.69, 9.17) is 4.74 Å². The van der Waals surface area contributed by atoms with Crippen LogP contribution in [-0.2, 0) is 19.6 Å². The van der Waals surface area contributed by atoms with Gasteiger partial charge in [-0.25, -0.2) is 13.1 Å². The predicted octanol–water partition coefficient (Wildman–Crippen LogP) is -0.316. The molecule has 128 valence electrons. The molecule has 2 rings (SSSR count). The SMILES string of the molecule is CC(C)OCCS(=O)(=O)NCC(=O)N1C2CCNCC1CC2. The monoisotopic (exact) mass is 333 g/mol. The molecule has 0 aromatic rings. The van der Waals surface area contributed by atoms with Gasteiger partial charge in [-0.1, -0.05) is 0 Å². The second-order valence-corrected chi connectivity index (χ2v) is 8.16. The molecular formula is C14H27N3O4S. The average Bonchev–Trinajstić information content (AvgIpc) is 2.69. The molecular weight excluding hydrogens is 306 g/mol. The summed E-state index contributed by atoms with van der Waals surface area (Å²) in [4.78, 5) is 14.3. The summed E-state index contributed by atoms with van der Waals surface area (Å²) >= 11 is 0. The van der Waals surface area contributed by atoms with Gasteiger partial charge in [0.25, 0.3) is 0 Å². The molecule has 2 bridgehead atoms. The van der Waals surface area contributed by atoms with Crippen molar-refractivity contribution in [1.29, 1.82) is 0 Å². The van der Waals surface area contributed by atoms with Crippen LogP contribution in [-0.4, -0.2) is 69.4 Å². The van der Waals surface area contributed by atoms with Crippen molar-refractivity contribution in [2.45, 2.75) is 51.3 Å². The molecule has 2 unspecified atom stereocenters. The van der Waals surface area contributed by atoms with Crippen LogP contribution >= 0.6 is 0 Å². The largest absolute Gasteiger partial charge is 0.378 e. The molecule has 2 N–H and O–H groups in total. The average molecular weight is 333 g/mol. The van der Waals surface area contributed by atoms with Gasteiger partial charge in [0, 0.05) is 18.6 Å². The maximum atomic E-state index is 12.4. The van der Waals surface area contributed by atoms with Crippen LogP contribution in [0.5, 0.6) is 0 Å². The zero-order valence-corrected chi connectivity index (χ0v) is 14.2. The van der Waals surface area contributed by atoms with Crippen LogP contribution in [0.15, 0.2) is 0 Å². The fourth-order valence-electron chi connectivity index (χ4n) is 3.12. The van der Waals surface area contributed by atoms with Crippen LogP contribution in [0.25, 0.3) is 0 Å². The first-order chi connectivity index (χ1) is 10.4. The van der Waals surface area contributed by atoms with Crippen LogP contribution in [0.4, 0.5) is 0 Å². The lowest BCUT2D eigenvalue weighted by atomic mass is 10.1. The van der Waals surface area contributed by atoms with Crippen molar-refractivity contribution < 1.29 is 17.9 Å². The van der Waals surface area contributed by atoms with Crippen molar-refractivity contribution >= 4 is 15.9 Å². The van der Waals surface area contributed by atoms with Crippen molar-refractivity contribution in [3.05, 3.63) is 0 Å². The van der Waals surface area contributed by atoms with E-state index in [2.05, 4.69) is 10.0 Å². The smallest absolute Gasteiger partial charge is 0.238 e. The fraction of sp³-hybridized carbons (Fsp3) is 0.929. The Labute approximate surface area is 132 Å². The van der Waals surface area contributed by atoms with E-state index in [0.717, 1.165) is 32.4 Å². The maximum absolute atomic E-state index is 12.4. The minimum atomic E-state index is -3.47. The maximum Gasteiger partial charge on any atom is 0.238 e. The Morgan fingerprint density at radius 1 is 1.32 bits per heavy atom. The third-order valence-corrected chi connectivity index (χ3v) is 5.48. The van der Waals surface area contributed by atoms with Crippen molar-refractivity contribution in [3.63, 3.8) is 0 Å². The van der Waals surface area contributed by atoms with Crippen molar-refractivity contribution in [3.8, 4) is 0 Å². The van der Waals surface area contributed by atoms with Crippen LogP contribution in [0.2, 0.25) is 0 Å². The summed E-state index contributed by atoms with van der Waals surface area (Å²) in [5.41, 5.74) is 0. The Morgan fingerprint density at radius 2 is 2.05 bits per heavy atom. The van der Waals surface area contributed by atoms with Crippen LogP contribution in [0.1, 0.15) is 33.1 Å². The molecule has 2 atom stereocenters. The van der Waals surface area contributed by atoms with Gasteiger partial charge in [-0.3, -0.25) is 4.79 Å². The highest BCUT2D eigenvalue weighted by Crippen LogP contribution is 2.27. The van der Waals surface area contributed by atoms with Gasteiger partial charge in [-0.05, 0) is 39.7 Å². The molecule has 1 amide bonds. The molecule has 0 spiro atoms. The zero-order chi connectivity index (χ0) is 16.2. The highest BCUT2D eigenvalue weighted by molar-refractivity contribution is 7.89. The first kappa shape index (κ1) is 17.7. The van der Waals surface area contributed by atoms with E-state index in [-0.39, 0.29) is 43.0 Å². The Bertz CT molecular complexity index is 466. The second kappa shape index (κ2) is 7.72. The summed E-state index contributed by atoms with van der Waals surface area (Å²) in [6.07, 6.45) is 2.96. The van der Waals surface area contributed by atoms with Gasteiger partial charge in [-0.2, -0.15) is 0 Å². The lowest BCUT2D eigenvalue weighted by Gasteiger charge is -2.28. The summed E-state index contributed by atoms with van der Waals surface area (Å²) in [6, 6.07) is 0.454. The van der Waals surface area contributed by atoms with Crippen LogP contribution < -0.4 is 10.0 Å². The van der Waals surface area contributed by atoms with Gasteiger partial charge in [0.1, 0.15) is 0 Å². The zero-order valence-electron chi connectivity index (χ0n) is 13.4. The van der Waals surface area contributed by atoms with E-state index in [0.29, 0.717) is 0 Å². The van der Waals surface area contributed by atoms with Crippen molar-refractivity contribution in [1.82, 2.24) is 14.9 Å². The molecule has 0 aromatic heterocycles. The van der Waals surface area contributed by atoms with Crippen molar-refractivity contribution in [2.24, 2.45) is 0 Å². The number of hydrogen-bond acceptors (Lipinski definition) is 5. The fourth-order valence-corrected chi connectivity index (χ4v) is 3.92. The molecule has 22 heavy (non-hydrogen) atoms. The number of hydrogen-bond donors (Lipinski definition) is 2. The first-order valence-electron chi connectivity index (χ1n) is 8.00. The third-order valence-electron chi connectivity index (χ3n) is 4.19. The Morgan fingerprint density at radius 3 is 2.77 bits per heavy atom. The molecule has 2 fully saturated rings. The summed E-state index contributed by atoms with van der Waals surface area (Å²) in [5, 5.41) is 3.33. The topological polar surface area (TPSA) is 87.7 Å². The van der Waals surface area contributed by atoms with Gasteiger partial charge in [0.15, 0.2) is 0 Å². The summed E-state index contributed by atoms with van der Waals surface area (Å²) in [7, 11) is -3.47. The number of carbonyl (C=O) groups excluding carboxylic acids is 1. The summed E-state index contributed by atoms with van der Waals surface area (Å²) in [6.45, 7) is 5.41. The van der Waals surface area contributed by atoms with E-state index in [1.807, 2.05) is 18.7 Å². The molecule has 2 saturated heterocycles. The molecule has 0 saturated carbocycles. The van der Waals surface area contributed by atoms with Gasteiger partial charge < -0.3 is 15.0 Å². The molecule has 2 heterocycles. The summed E-state index contributed by atoms with van der Waals surface area (Å²) < 4.78 is 31.4. The van der Waals surface area contributed by atoms with E-state index < -0.39 is 10.0 Å². The number of nitrogens with zero attached hydrogens (tertiary/aromatic N) is 1. The van der Waals surface area contributed by atoms with E-state index in [1.165, 1.54) is 0 Å². The quantitative estimate of drug-likeness (QED) is 0.667. The minimum Gasteiger partial charge on any atom is -0.378 e. The van der Waals surface area contributed by atoms with Gasteiger partial charge in [0.05, 0.1) is 25.0 Å². The minimum absolute atomic E-state index is 0.00273. The Kier molecular flexibility index (Phi) is 6.19. The van der Waals surface area contributed by atoms with Gasteiger partial charge in [0.2, 0.25) is 15.9 Å². The highest BCUT2D eigenvalue weighted by atomic mass is 32.2.